The van der Waals surface area contributed by atoms with Crippen molar-refractivity contribution in [1.82, 2.24) is 0 Å². The predicted octanol–water partition coefficient (Wildman–Crippen LogP) is 4.21. The van der Waals surface area contributed by atoms with Crippen LogP contribution in [0.4, 0.5) is 0 Å². The Morgan fingerprint density at radius 2 is 2.08 bits per heavy atom. The number of hydrogen-bond donors (Lipinski definition) is 0. The van der Waals surface area contributed by atoms with Crippen LogP contribution in [0.3, 0.4) is 0 Å². The van der Waals surface area contributed by atoms with E-state index in [1.54, 1.807) is 0 Å². The molecule has 0 aromatic heterocycles. The van der Waals surface area contributed by atoms with Gasteiger partial charge in [-0.3, -0.25) is 0 Å². The highest BCUT2D eigenvalue weighted by Gasteiger charge is 2.06. The topological polar surface area (TPSA) is 0 Å². The zero-order chi connectivity index (χ0) is 9.84. The van der Waals surface area contributed by atoms with Crippen molar-refractivity contribution in [2.24, 2.45) is 0 Å². The molecule has 1 atom stereocenters. The molecule has 0 bridgehead atoms. The van der Waals surface area contributed by atoms with E-state index in [9.17, 15) is 0 Å². The Morgan fingerprint density at radius 1 is 1.38 bits per heavy atom. The summed E-state index contributed by atoms with van der Waals surface area (Å²) in [6, 6.07) is 6.11. The fourth-order valence-electron chi connectivity index (χ4n) is 1.20. The van der Waals surface area contributed by atoms with Crippen LogP contribution >= 0.6 is 23.2 Å². The van der Waals surface area contributed by atoms with E-state index in [-0.39, 0.29) is 5.38 Å². The quantitative estimate of drug-likeness (QED) is 0.665. The second-order valence-electron chi connectivity index (χ2n) is 3.30. The van der Waals surface area contributed by atoms with Gasteiger partial charge in [0.25, 0.3) is 0 Å². The van der Waals surface area contributed by atoms with Gasteiger partial charge in [0.15, 0.2) is 0 Å². The van der Waals surface area contributed by atoms with Crippen molar-refractivity contribution < 1.29 is 0 Å². The molecule has 1 aromatic carbocycles. The van der Waals surface area contributed by atoms with Gasteiger partial charge in [-0.25, -0.2) is 0 Å². The SMILES string of the molecule is CCC(Cl)Cc1ccc(C)cc1Cl. The maximum absolute atomic E-state index is 6.07. The van der Waals surface area contributed by atoms with E-state index in [0.29, 0.717) is 0 Å². The highest BCUT2D eigenvalue weighted by molar-refractivity contribution is 6.31. The van der Waals surface area contributed by atoms with Gasteiger partial charge in [0.05, 0.1) is 0 Å². The first-order chi connectivity index (χ1) is 6.13. The standard InChI is InChI=1S/C11H14Cl2/c1-3-10(12)7-9-5-4-8(2)6-11(9)13/h4-6,10H,3,7H2,1-2H3. The Kier molecular flexibility index (Phi) is 4.08. The van der Waals surface area contributed by atoms with Crippen LogP contribution in [0.5, 0.6) is 0 Å². The molecule has 2 heteroatoms. The summed E-state index contributed by atoms with van der Waals surface area (Å²) in [4.78, 5) is 0. The summed E-state index contributed by atoms with van der Waals surface area (Å²) in [7, 11) is 0. The third kappa shape index (κ3) is 3.21. The van der Waals surface area contributed by atoms with Gasteiger partial charge in [-0.05, 0) is 37.0 Å². The maximum atomic E-state index is 6.07. The smallest absolute Gasteiger partial charge is 0.0441 e. The van der Waals surface area contributed by atoms with Crippen LogP contribution in [0.25, 0.3) is 0 Å². The van der Waals surface area contributed by atoms with Crippen molar-refractivity contribution in [3.8, 4) is 0 Å². The third-order valence-corrected chi connectivity index (χ3v) is 2.91. The van der Waals surface area contributed by atoms with E-state index in [4.69, 9.17) is 23.2 Å². The van der Waals surface area contributed by atoms with Gasteiger partial charge in [0.1, 0.15) is 0 Å². The molecule has 72 valence electrons. The fourth-order valence-corrected chi connectivity index (χ4v) is 1.68. The number of alkyl halides is 1. The third-order valence-electron chi connectivity index (χ3n) is 2.09. The second-order valence-corrected chi connectivity index (χ2v) is 4.33. The van der Waals surface area contributed by atoms with E-state index >= 15 is 0 Å². The lowest BCUT2D eigenvalue weighted by atomic mass is 10.1. The number of benzene rings is 1. The van der Waals surface area contributed by atoms with Crippen molar-refractivity contribution >= 4 is 23.2 Å². The monoisotopic (exact) mass is 216 g/mol. The molecule has 0 aliphatic carbocycles. The Bertz CT molecular complexity index is 281. The first-order valence-corrected chi connectivity index (χ1v) is 5.34. The molecule has 13 heavy (non-hydrogen) atoms. The van der Waals surface area contributed by atoms with Gasteiger partial charge in [0.2, 0.25) is 0 Å². The number of aryl methyl sites for hydroxylation is 1. The largest absolute Gasteiger partial charge is 0.123 e. The fraction of sp³-hybridized carbons (Fsp3) is 0.455. The van der Waals surface area contributed by atoms with E-state index in [1.165, 1.54) is 5.56 Å². The van der Waals surface area contributed by atoms with Crippen LogP contribution in [-0.4, -0.2) is 5.38 Å². The molecule has 0 fully saturated rings. The van der Waals surface area contributed by atoms with E-state index in [1.807, 2.05) is 13.0 Å². The molecular formula is C11H14Cl2. The van der Waals surface area contributed by atoms with Crippen LogP contribution in [-0.2, 0) is 6.42 Å². The highest BCUT2D eigenvalue weighted by Crippen LogP contribution is 2.21. The van der Waals surface area contributed by atoms with Crippen molar-refractivity contribution in [2.45, 2.75) is 32.1 Å². The first kappa shape index (κ1) is 10.9. The molecule has 0 saturated carbocycles. The maximum Gasteiger partial charge on any atom is 0.0441 e. The molecule has 0 heterocycles. The lowest BCUT2D eigenvalue weighted by Gasteiger charge is -2.08. The van der Waals surface area contributed by atoms with Crippen LogP contribution < -0.4 is 0 Å². The Morgan fingerprint density at radius 3 is 2.62 bits per heavy atom. The molecule has 1 unspecified atom stereocenters. The predicted molar refractivity (Wildman–Crippen MR) is 59.8 cm³/mol. The van der Waals surface area contributed by atoms with Crippen LogP contribution in [0.1, 0.15) is 24.5 Å². The minimum absolute atomic E-state index is 0.195. The van der Waals surface area contributed by atoms with Crippen LogP contribution in [0.15, 0.2) is 18.2 Å². The summed E-state index contributed by atoms with van der Waals surface area (Å²) < 4.78 is 0. The minimum Gasteiger partial charge on any atom is -0.123 e. The van der Waals surface area contributed by atoms with Crippen LogP contribution in [0, 0.1) is 6.92 Å². The second kappa shape index (κ2) is 4.88. The zero-order valence-electron chi connectivity index (χ0n) is 7.98. The van der Waals surface area contributed by atoms with Gasteiger partial charge >= 0.3 is 0 Å². The normalized spacial score (nSPS) is 12.9. The molecule has 0 nitrogen and oxygen atoms in total. The molecule has 0 amide bonds. The van der Waals surface area contributed by atoms with Crippen molar-refractivity contribution in [3.05, 3.63) is 34.3 Å². The average molecular weight is 217 g/mol. The van der Waals surface area contributed by atoms with Gasteiger partial charge in [0, 0.05) is 10.4 Å². The van der Waals surface area contributed by atoms with Gasteiger partial charge in [-0.15, -0.1) is 11.6 Å². The average Bonchev–Trinajstić information content (AvgIpc) is 2.09. The summed E-state index contributed by atoms with van der Waals surface area (Å²) in [6.07, 6.45) is 1.84. The van der Waals surface area contributed by atoms with Gasteiger partial charge < -0.3 is 0 Å². The molecule has 0 radical (unpaired) electrons. The van der Waals surface area contributed by atoms with Crippen molar-refractivity contribution in [3.63, 3.8) is 0 Å². The number of halogens is 2. The first-order valence-electron chi connectivity index (χ1n) is 4.52. The van der Waals surface area contributed by atoms with Crippen molar-refractivity contribution in [1.29, 1.82) is 0 Å². The summed E-state index contributed by atoms with van der Waals surface area (Å²) >= 11 is 12.1. The number of hydrogen-bond acceptors (Lipinski definition) is 0. The molecule has 0 aliphatic rings. The van der Waals surface area contributed by atoms with E-state index in [2.05, 4.69) is 19.1 Å². The molecule has 0 saturated heterocycles. The van der Waals surface area contributed by atoms with Gasteiger partial charge in [-0.1, -0.05) is 30.7 Å². The summed E-state index contributed by atoms with van der Waals surface area (Å²) in [5, 5.41) is 1.03. The Balaban J connectivity index is 2.77. The summed E-state index contributed by atoms with van der Waals surface area (Å²) in [5.74, 6) is 0. The highest BCUT2D eigenvalue weighted by atomic mass is 35.5. The molecule has 0 spiro atoms. The minimum atomic E-state index is 0.195. The summed E-state index contributed by atoms with van der Waals surface area (Å²) in [6.45, 7) is 4.12. The molecule has 1 rings (SSSR count). The van der Waals surface area contributed by atoms with Crippen LogP contribution in [0.2, 0.25) is 5.02 Å². The van der Waals surface area contributed by atoms with Crippen molar-refractivity contribution in [2.75, 3.05) is 0 Å². The van der Waals surface area contributed by atoms with Gasteiger partial charge in [-0.2, -0.15) is 0 Å². The molecule has 0 aliphatic heterocycles. The molecule has 1 aromatic rings. The Hall–Kier alpha value is -0.200. The van der Waals surface area contributed by atoms with E-state index < -0.39 is 0 Å². The lowest BCUT2D eigenvalue weighted by Crippen LogP contribution is -2.01. The molecular weight excluding hydrogens is 203 g/mol. The Labute approximate surface area is 89.9 Å². The lowest BCUT2D eigenvalue weighted by molar-refractivity contribution is 0.805. The zero-order valence-corrected chi connectivity index (χ0v) is 9.49. The summed E-state index contributed by atoms with van der Waals surface area (Å²) in [5.41, 5.74) is 2.34. The number of rotatable bonds is 3. The van der Waals surface area contributed by atoms with E-state index in [0.717, 1.165) is 23.4 Å². The molecule has 0 N–H and O–H groups in total.